The van der Waals surface area contributed by atoms with E-state index in [-0.39, 0.29) is 0 Å². The van der Waals surface area contributed by atoms with Crippen LogP contribution in [0.5, 0.6) is 0 Å². The molecule has 0 aromatic heterocycles. The summed E-state index contributed by atoms with van der Waals surface area (Å²) in [5.74, 6) is 0.547. The van der Waals surface area contributed by atoms with Crippen LogP contribution in [-0.2, 0) is 4.79 Å². The zero-order valence-electron chi connectivity index (χ0n) is 7.34. The van der Waals surface area contributed by atoms with Crippen molar-refractivity contribution >= 4 is 6.29 Å². The molecular weight excluding hydrogens is 136 g/mol. The van der Waals surface area contributed by atoms with Crippen molar-refractivity contribution < 1.29 is 4.79 Å². The Bertz CT molecular complexity index is 156. The van der Waals surface area contributed by atoms with E-state index in [2.05, 4.69) is 13.5 Å². The SMILES string of the molecule is C=C[C@H](C)CC/C=C(\C)C=O. The molecule has 0 fully saturated rings. The van der Waals surface area contributed by atoms with E-state index in [0.29, 0.717) is 5.92 Å². The first kappa shape index (κ1) is 10.2. The summed E-state index contributed by atoms with van der Waals surface area (Å²) in [5.41, 5.74) is 0.821. The molecule has 0 aromatic rings. The second-order valence-corrected chi connectivity index (χ2v) is 2.86. The fourth-order valence-electron chi connectivity index (χ4n) is 0.740. The lowest BCUT2D eigenvalue weighted by molar-refractivity contribution is -0.104. The molecule has 0 N–H and O–H groups in total. The Hall–Kier alpha value is -0.850. The van der Waals surface area contributed by atoms with Crippen LogP contribution in [0.3, 0.4) is 0 Å². The first-order valence-corrected chi connectivity index (χ1v) is 3.95. The summed E-state index contributed by atoms with van der Waals surface area (Å²) in [6.45, 7) is 7.64. The highest BCUT2D eigenvalue weighted by Crippen LogP contribution is 2.07. The summed E-state index contributed by atoms with van der Waals surface area (Å²) in [7, 11) is 0. The van der Waals surface area contributed by atoms with Crippen molar-refractivity contribution in [3.63, 3.8) is 0 Å². The van der Waals surface area contributed by atoms with Gasteiger partial charge in [0.05, 0.1) is 0 Å². The highest BCUT2D eigenvalue weighted by molar-refractivity contribution is 5.71. The lowest BCUT2D eigenvalue weighted by Gasteiger charge is -2.00. The molecule has 0 aliphatic rings. The minimum absolute atomic E-state index is 0.547. The van der Waals surface area contributed by atoms with E-state index in [1.807, 2.05) is 19.1 Å². The van der Waals surface area contributed by atoms with Crippen LogP contribution in [0.15, 0.2) is 24.3 Å². The van der Waals surface area contributed by atoms with E-state index in [4.69, 9.17) is 0 Å². The number of carbonyl (C=O) groups excluding carboxylic acids is 1. The number of hydrogen-bond acceptors (Lipinski definition) is 1. The fraction of sp³-hybridized carbons (Fsp3) is 0.500. The van der Waals surface area contributed by atoms with Gasteiger partial charge < -0.3 is 0 Å². The molecule has 62 valence electrons. The zero-order valence-corrected chi connectivity index (χ0v) is 7.34. The number of allylic oxidation sites excluding steroid dienone is 3. The first-order valence-electron chi connectivity index (χ1n) is 3.95. The van der Waals surface area contributed by atoms with Crippen LogP contribution < -0.4 is 0 Å². The molecule has 0 radical (unpaired) electrons. The van der Waals surface area contributed by atoms with Crippen LogP contribution in [0.4, 0.5) is 0 Å². The Labute approximate surface area is 68.8 Å². The highest BCUT2D eigenvalue weighted by Gasteiger charge is 1.93. The van der Waals surface area contributed by atoms with E-state index >= 15 is 0 Å². The summed E-state index contributed by atoms with van der Waals surface area (Å²) < 4.78 is 0. The van der Waals surface area contributed by atoms with Crippen molar-refractivity contribution in [2.45, 2.75) is 26.7 Å². The first-order chi connectivity index (χ1) is 5.20. The second kappa shape index (κ2) is 5.90. The molecule has 0 bridgehead atoms. The van der Waals surface area contributed by atoms with E-state index in [0.717, 1.165) is 24.7 Å². The summed E-state index contributed by atoms with van der Waals surface area (Å²) >= 11 is 0. The highest BCUT2D eigenvalue weighted by atomic mass is 16.1. The summed E-state index contributed by atoms with van der Waals surface area (Å²) in [6.07, 6.45) is 6.84. The van der Waals surface area contributed by atoms with Crippen LogP contribution in [0, 0.1) is 5.92 Å². The van der Waals surface area contributed by atoms with Crippen molar-refractivity contribution in [3.05, 3.63) is 24.3 Å². The van der Waals surface area contributed by atoms with Crippen LogP contribution >= 0.6 is 0 Å². The molecule has 0 saturated carbocycles. The predicted molar refractivity (Wildman–Crippen MR) is 48.4 cm³/mol. The Morgan fingerprint density at radius 1 is 1.64 bits per heavy atom. The van der Waals surface area contributed by atoms with Gasteiger partial charge in [0.1, 0.15) is 6.29 Å². The molecule has 1 heteroatoms. The molecule has 11 heavy (non-hydrogen) atoms. The standard InChI is InChI=1S/C10H16O/c1-4-9(2)6-5-7-10(3)8-11/h4,7-9H,1,5-6H2,2-3H3/b10-7+/t9-/m0/s1. The molecular formula is C10H16O. The molecule has 0 saturated heterocycles. The van der Waals surface area contributed by atoms with Crippen LogP contribution in [-0.4, -0.2) is 6.29 Å². The van der Waals surface area contributed by atoms with Gasteiger partial charge in [0.25, 0.3) is 0 Å². The summed E-state index contributed by atoms with van der Waals surface area (Å²) in [6, 6.07) is 0. The van der Waals surface area contributed by atoms with Gasteiger partial charge in [-0.25, -0.2) is 0 Å². The van der Waals surface area contributed by atoms with Gasteiger partial charge in [0.15, 0.2) is 0 Å². The topological polar surface area (TPSA) is 17.1 Å². The van der Waals surface area contributed by atoms with Crippen LogP contribution in [0.1, 0.15) is 26.7 Å². The van der Waals surface area contributed by atoms with Gasteiger partial charge in [-0.15, -0.1) is 6.58 Å². The third kappa shape index (κ3) is 5.59. The number of carbonyl (C=O) groups is 1. The maximum atomic E-state index is 10.2. The lowest BCUT2D eigenvalue weighted by Crippen LogP contribution is -1.87. The van der Waals surface area contributed by atoms with Crippen molar-refractivity contribution in [2.75, 3.05) is 0 Å². The molecule has 0 aromatic carbocycles. The molecule has 0 heterocycles. The Morgan fingerprint density at radius 3 is 2.73 bits per heavy atom. The average molecular weight is 152 g/mol. The number of rotatable bonds is 5. The Kier molecular flexibility index (Phi) is 5.44. The van der Waals surface area contributed by atoms with Crippen molar-refractivity contribution in [3.8, 4) is 0 Å². The quantitative estimate of drug-likeness (QED) is 0.336. The molecule has 0 rings (SSSR count). The Morgan fingerprint density at radius 2 is 2.27 bits per heavy atom. The van der Waals surface area contributed by atoms with Crippen LogP contribution in [0.2, 0.25) is 0 Å². The normalized spacial score (nSPS) is 14.2. The molecule has 1 atom stereocenters. The van der Waals surface area contributed by atoms with Gasteiger partial charge in [0.2, 0.25) is 0 Å². The molecule has 0 aliphatic carbocycles. The lowest BCUT2D eigenvalue weighted by atomic mass is 10.1. The molecule has 1 nitrogen and oxygen atoms in total. The largest absolute Gasteiger partial charge is 0.298 e. The maximum Gasteiger partial charge on any atom is 0.145 e. The van der Waals surface area contributed by atoms with Gasteiger partial charge in [0, 0.05) is 0 Å². The van der Waals surface area contributed by atoms with Gasteiger partial charge in [-0.2, -0.15) is 0 Å². The predicted octanol–water partition coefficient (Wildman–Crippen LogP) is 2.73. The molecule has 0 unspecified atom stereocenters. The zero-order chi connectivity index (χ0) is 8.69. The monoisotopic (exact) mass is 152 g/mol. The van der Waals surface area contributed by atoms with Crippen LogP contribution in [0.25, 0.3) is 0 Å². The molecule has 0 aliphatic heterocycles. The van der Waals surface area contributed by atoms with Crippen molar-refractivity contribution in [1.29, 1.82) is 0 Å². The van der Waals surface area contributed by atoms with Gasteiger partial charge in [-0.05, 0) is 31.3 Å². The van der Waals surface area contributed by atoms with Crippen molar-refractivity contribution in [2.24, 2.45) is 5.92 Å². The van der Waals surface area contributed by atoms with Gasteiger partial charge >= 0.3 is 0 Å². The summed E-state index contributed by atoms with van der Waals surface area (Å²) in [4.78, 5) is 10.2. The smallest absolute Gasteiger partial charge is 0.145 e. The third-order valence-corrected chi connectivity index (χ3v) is 1.68. The summed E-state index contributed by atoms with van der Waals surface area (Å²) in [5, 5.41) is 0. The van der Waals surface area contributed by atoms with Gasteiger partial charge in [-0.3, -0.25) is 4.79 Å². The van der Waals surface area contributed by atoms with Crippen molar-refractivity contribution in [1.82, 2.24) is 0 Å². The van der Waals surface area contributed by atoms with E-state index < -0.39 is 0 Å². The Balaban J connectivity index is 3.55. The van der Waals surface area contributed by atoms with E-state index in [1.165, 1.54) is 0 Å². The number of hydrogen-bond donors (Lipinski definition) is 0. The van der Waals surface area contributed by atoms with E-state index in [1.54, 1.807) is 0 Å². The fourth-order valence-corrected chi connectivity index (χ4v) is 0.740. The third-order valence-electron chi connectivity index (χ3n) is 1.68. The molecule has 0 spiro atoms. The maximum absolute atomic E-state index is 10.2. The average Bonchev–Trinajstić information content (AvgIpc) is 2.04. The molecule has 0 amide bonds. The van der Waals surface area contributed by atoms with Gasteiger partial charge in [-0.1, -0.05) is 19.1 Å². The number of aldehydes is 1. The minimum atomic E-state index is 0.547. The second-order valence-electron chi connectivity index (χ2n) is 2.86. The van der Waals surface area contributed by atoms with E-state index in [9.17, 15) is 4.79 Å². The minimum Gasteiger partial charge on any atom is -0.298 e.